The van der Waals surface area contributed by atoms with Crippen molar-refractivity contribution in [3.8, 4) is 11.1 Å². The molecule has 1 amide bonds. The number of methoxy groups -OCH3 is 1. The summed E-state index contributed by atoms with van der Waals surface area (Å²) in [6, 6.07) is 17.6. The molecular formula is C25H32N2O3. The van der Waals surface area contributed by atoms with Crippen molar-refractivity contribution in [2.45, 2.75) is 37.8 Å². The second kappa shape index (κ2) is 9.29. The van der Waals surface area contributed by atoms with Crippen LogP contribution in [0.4, 0.5) is 0 Å². The molecule has 1 N–H and O–H groups in total. The molecule has 5 heteroatoms. The SMILES string of the molecule is COCC(=O)N1CCCCN2[C@H](CO)[C@@H](c3ccc(-c4cccc(C)c4)cc3)[C@H]2C1. The number of ether oxygens (including phenoxy) is 1. The zero-order valence-corrected chi connectivity index (χ0v) is 18.0. The standard InChI is InChI=1S/C25H32N2O3/c1-18-6-5-7-21(14-18)19-8-10-20(11-9-19)25-22-15-26(24(29)17-30-2)12-3-4-13-27(22)23(25)16-28/h5-11,14,22-23,25,28H,3-4,12-13,15-17H2,1-2H3/t22-,23-,25+/m1/s1. The number of aryl methyl sites for hydroxylation is 1. The Morgan fingerprint density at radius 3 is 2.57 bits per heavy atom. The number of fused-ring (bicyclic) bond motifs is 1. The zero-order chi connectivity index (χ0) is 21.1. The van der Waals surface area contributed by atoms with E-state index < -0.39 is 0 Å². The van der Waals surface area contributed by atoms with Gasteiger partial charge in [-0.3, -0.25) is 9.69 Å². The lowest BCUT2D eigenvalue weighted by Gasteiger charge is -2.57. The molecule has 2 aromatic carbocycles. The molecule has 0 saturated carbocycles. The van der Waals surface area contributed by atoms with Crippen LogP contribution in [0.5, 0.6) is 0 Å². The van der Waals surface area contributed by atoms with Crippen molar-refractivity contribution in [3.05, 3.63) is 59.7 Å². The Hall–Kier alpha value is -2.21. The lowest BCUT2D eigenvalue weighted by atomic mass is 9.74. The van der Waals surface area contributed by atoms with E-state index in [4.69, 9.17) is 4.74 Å². The Bertz CT molecular complexity index is 867. The van der Waals surface area contributed by atoms with Crippen molar-refractivity contribution in [1.82, 2.24) is 9.80 Å². The molecule has 0 bridgehead atoms. The number of carbonyl (C=O) groups excluding carboxylic acids is 1. The van der Waals surface area contributed by atoms with Crippen LogP contribution in [-0.4, -0.2) is 72.9 Å². The summed E-state index contributed by atoms with van der Waals surface area (Å²) < 4.78 is 5.08. The smallest absolute Gasteiger partial charge is 0.248 e. The minimum Gasteiger partial charge on any atom is -0.395 e. The summed E-state index contributed by atoms with van der Waals surface area (Å²) in [5.74, 6) is 0.290. The average Bonchev–Trinajstić information content (AvgIpc) is 2.73. The fourth-order valence-electron chi connectivity index (χ4n) is 5.10. The van der Waals surface area contributed by atoms with Crippen LogP contribution in [0.2, 0.25) is 0 Å². The van der Waals surface area contributed by atoms with Crippen LogP contribution in [0, 0.1) is 6.92 Å². The molecule has 160 valence electrons. The maximum atomic E-state index is 12.5. The molecule has 2 saturated heterocycles. The van der Waals surface area contributed by atoms with Gasteiger partial charge in [0, 0.05) is 38.2 Å². The van der Waals surface area contributed by atoms with E-state index >= 15 is 0 Å². The highest BCUT2D eigenvalue weighted by molar-refractivity contribution is 5.77. The number of hydrogen-bond donors (Lipinski definition) is 1. The molecule has 3 atom stereocenters. The Labute approximate surface area is 179 Å². The molecule has 2 aliphatic heterocycles. The molecule has 0 spiro atoms. The Morgan fingerprint density at radius 2 is 1.87 bits per heavy atom. The molecule has 2 fully saturated rings. The Morgan fingerprint density at radius 1 is 1.10 bits per heavy atom. The number of benzene rings is 2. The van der Waals surface area contributed by atoms with Gasteiger partial charge in [0.05, 0.1) is 6.61 Å². The molecule has 4 rings (SSSR count). The van der Waals surface area contributed by atoms with Crippen LogP contribution in [0.3, 0.4) is 0 Å². The second-order valence-corrected chi connectivity index (χ2v) is 8.55. The van der Waals surface area contributed by atoms with Crippen molar-refractivity contribution >= 4 is 5.91 Å². The number of aliphatic hydroxyl groups is 1. The van der Waals surface area contributed by atoms with Gasteiger partial charge in [0.2, 0.25) is 5.91 Å². The lowest BCUT2D eigenvalue weighted by molar-refractivity contribution is -0.140. The fourth-order valence-corrected chi connectivity index (χ4v) is 5.10. The van der Waals surface area contributed by atoms with Crippen LogP contribution in [-0.2, 0) is 9.53 Å². The summed E-state index contributed by atoms with van der Waals surface area (Å²) in [6.45, 7) is 4.86. The Kier molecular flexibility index (Phi) is 6.52. The van der Waals surface area contributed by atoms with Gasteiger partial charge in [-0.05, 0) is 43.0 Å². The molecule has 0 radical (unpaired) electrons. The van der Waals surface area contributed by atoms with Crippen LogP contribution in [0.1, 0.15) is 29.9 Å². The van der Waals surface area contributed by atoms with Crippen LogP contribution in [0.25, 0.3) is 11.1 Å². The van der Waals surface area contributed by atoms with E-state index in [1.807, 2.05) is 4.90 Å². The normalized spacial score (nSPS) is 24.5. The first-order valence-electron chi connectivity index (χ1n) is 10.9. The molecule has 0 aromatic heterocycles. The predicted octanol–water partition coefficient (Wildman–Crippen LogP) is 3.06. The minimum atomic E-state index is 0.0559. The monoisotopic (exact) mass is 408 g/mol. The third-order valence-electron chi connectivity index (χ3n) is 6.64. The second-order valence-electron chi connectivity index (χ2n) is 8.55. The van der Waals surface area contributed by atoms with Crippen molar-refractivity contribution in [3.63, 3.8) is 0 Å². The quantitative estimate of drug-likeness (QED) is 0.826. The number of amides is 1. The number of hydrogen-bond acceptors (Lipinski definition) is 4. The molecular weight excluding hydrogens is 376 g/mol. The van der Waals surface area contributed by atoms with Gasteiger partial charge in [0.25, 0.3) is 0 Å². The maximum Gasteiger partial charge on any atom is 0.248 e. The van der Waals surface area contributed by atoms with Gasteiger partial charge >= 0.3 is 0 Å². The van der Waals surface area contributed by atoms with Gasteiger partial charge in [-0.25, -0.2) is 0 Å². The summed E-state index contributed by atoms with van der Waals surface area (Å²) in [4.78, 5) is 16.8. The summed E-state index contributed by atoms with van der Waals surface area (Å²) in [6.07, 6.45) is 2.04. The highest BCUT2D eigenvalue weighted by atomic mass is 16.5. The van der Waals surface area contributed by atoms with Crippen molar-refractivity contribution < 1.29 is 14.6 Å². The molecule has 2 aliphatic rings. The molecule has 30 heavy (non-hydrogen) atoms. The maximum absolute atomic E-state index is 12.5. The van der Waals surface area contributed by atoms with E-state index in [0.29, 0.717) is 6.54 Å². The number of nitrogens with zero attached hydrogens (tertiary/aromatic N) is 2. The highest BCUT2D eigenvalue weighted by Gasteiger charge is 2.49. The minimum absolute atomic E-state index is 0.0559. The highest BCUT2D eigenvalue weighted by Crippen LogP contribution is 2.42. The number of carbonyl (C=O) groups is 1. The van der Waals surface area contributed by atoms with Crippen molar-refractivity contribution in [2.75, 3.05) is 40.0 Å². The van der Waals surface area contributed by atoms with Gasteiger partial charge in [-0.2, -0.15) is 0 Å². The predicted molar refractivity (Wildman–Crippen MR) is 118 cm³/mol. The summed E-state index contributed by atoms with van der Waals surface area (Å²) in [7, 11) is 1.57. The van der Waals surface area contributed by atoms with E-state index in [1.54, 1.807) is 7.11 Å². The van der Waals surface area contributed by atoms with Crippen molar-refractivity contribution in [1.29, 1.82) is 0 Å². The van der Waals surface area contributed by atoms with Gasteiger partial charge in [-0.1, -0.05) is 54.1 Å². The van der Waals surface area contributed by atoms with E-state index in [9.17, 15) is 9.90 Å². The van der Waals surface area contributed by atoms with Gasteiger partial charge in [0.15, 0.2) is 0 Å². The number of aliphatic hydroxyl groups excluding tert-OH is 1. The van der Waals surface area contributed by atoms with Crippen LogP contribution >= 0.6 is 0 Å². The molecule has 0 aliphatic carbocycles. The molecule has 5 nitrogen and oxygen atoms in total. The van der Waals surface area contributed by atoms with Gasteiger partial charge < -0.3 is 14.7 Å². The summed E-state index contributed by atoms with van der Waals surface area (Å²) in [5.41, 5.74) is 4.92. The van der Waals surface area contributed by atoms with Gasteiger partial charge in [0.1, 0.15) is 6.61 Å². The molecule has 2 aromatic rings. The van der Waals surface area contributed by atoms with E-state index in [2.05, 4.69) is 60.4 Å². The fraction of sp³-hybridized carbons (Fsp3) is 0.480. The van der Waals surface area contributed by atoms with E-state index in [1.165, 1.54) is 22.3 Å². The lowest BCUT2D eigenvalue weighted by Crippen LogP contribution is -2.68. The largest absolute Gasteiger partial charge is 0.395 e. The zero-order valence-electron chi connectivity index (χ0n) is 18.0. The topological polar surface area (TPSA) is 53.0 Å². The average molecular weight is 409 g/mol. The first kappa shape index (κ1) is 21.0. The first-order chi connectivity index (χ1) is 14.6. The first-order valence-corrected chi connectivity index (χ1v) is 10.9. The number of rotatable bonds is 5. The van der Waals surface area contributed by atoms with E-state index in [-0.39, 0.29) is 37.1 Å². The summed E-state index contributed by atoms with van der Waals surface area (Å²) in [5, 5.41) is 10.1. The van der Waals surface area contributed by atoms with Crippen LogP contribution in [0.15, 0.2) is 48.5 Å². The van der Waals surface area contributed by atoms with Crippen LogP contribution < -0.4 is 0 Å². The Balaban J connectivity index is 1.56. The molecule has 0 unspecified atom stereocenters. The summed E-state index contributed by atoms with van der Waals surface area (Å²) >= 11 is 0. The molecule has 2 heterocycles. The van der Waals surface area contributed by atoms with Gasteiger partial charge in [-0.15, -0.1) is 0 Å². The third-order valence-corrected chi connectivity index (χ3v) is 6.64. The van der Waals surface area contributed by atoms with E-state index in [0.717, 1.165) is 25.9 Å². The third kappa shape index (κ3) is 4.15. The van der Waals surface area contributed by atoms with Crippen molar-refractivity contribution in [2.24, 2.45) is 0 Å².